The van der Waals surface area contributed by atoms with Crippen LogP contribution >= 0.6 is 0 Å². The Labute approximate surface area is 105 Å². The molecule has 0 heterocycles. The lowest BCUT2D eigenvalue weighted by atomic mass is 10.0. The van der Waals surface area contributed by atoms with Gasteiger partial charge in [0, 0.05) is 5.56 Å². The molecule has 0 amide bonds. The molecule has 0 fully saturated rings. The van der Waals surface area contributed by atoms with Crippen LogP contribution in [0.3, 0.4) is 0 Å². The predicted octanol–water partition coefficient (Wildman–Crippen LogP) is 2.93. The van der Waals surface area contributed by atoms with Crippen molar-refractivity contribution < 1.29 is 36.5 Å². The van der Waals surface area contributed by atoms with E-state index in [1.54, 1.807) is 0 Å². The molecule has 0 spiro atoms. The van der Waals surface area contributed by atoms with Crippen molar-refractivity contribution in [2.75, 3.05) is 14.2 Å². The molecular formula is C11H11F5O3. The summed E-state index contributed by atoms with van der Waals surface area (Å²) in [5.74, 6) is -5.57. The van der Waals surface area contributed by atoms with Gasteiger partial charge in [-0.2, -0.15) is 22.0 Å². The predicted molar refractivity (Wildman–Crippen MR) is 55.5 cm³/mol. The molecule has 0 aromatic heterocycles. The lowest BCUT2D eigenvalue weighted by Gasteiger charge is -2.26. The quantitative estimate of drug-likeness (QED) is 0.865. The van der Waals surface area contributed by atoms with Crippen LogP contribution in [0.4, 0.5) is 22.0 Å². The van der Waals surface area contributed by atoms with E-state index in [1.165, 1.54) is 13.2 Å². The molecule has 0 saturated heterocycles. The van der Waals surface area contributed by atoms with Crippen molar-refractivity contribution in [3.63, 3.8) is 0 Å². The Balaban J connectivity index is 3.28. The second-order valence-corrected chi connectivity index (χ2v) is 3.63. The molecule has 1 aromatic rings. The largest absolute Gasteiger partial charge is 0.497 e. The van der Waals surface area contributed by atoms with Crippen molar-refractivity contribution in [3.05, 3.63) is 23.8 Å². The number of rotatable bonds is 4. The number of halogens is 5. The van der Waals surface area contributed by atoms with Gasteiger partial charge in [-0.05, 0) is 18.2 Å². The van der Waals surface area contributed by atoms with Crippen LogP contribution in [0.25, 0.3) is 0 Å². The molecule has 19 heavy (non-hydrogen) atoms. The van der Waals surface area contributed by atoms with Crippen molar-refractivity contribution in [2.45, 2.75) is 18.2 Å². The third-order valence-electron chi connectivity index (χ3n) is 2.45. The molecule has 0 radical (unpaired) electrons. The topological polar surface area (TPSA) is 38.7 Å². The number of methoxy groups -OCH3 is 2. The van der Waals surface area contributed by atoms with Crippen LogP contribution < -0.4 is 9.47 Å². The van der Waals surface area contributed by atoms with E-state index in [0.29, 0.717) is 0 Å². The third-order valence-corrected chi connectivity index (χ3v) is 2.45. The van der Waals surface area contributed by atoms with Crippen LogP contribution in [-0.2, 0) is 0 Å². The fraction of sp³-hybridized carbons (Fsp3) is 0.455. The number of hydrogen-bond donors (Lipinski definition) is 1. The monoisotopic (exact) mass is 286 g/mol. The van der Waals surface area contributed by atoms with Crippen molar-refractivity contribution >= 4 is 0 Å². The van der Waals surface area contributed by atoms with Crippen LogP contribution in [0.1, 0.15) is 11.7 Å². The Morgan fingerprint density at radius 3 is 2.05 bits per heavy atom. The minimum Gasteiger partial charge on any atom is -0.497 e. The highest BCUT2D eigenvalue weighted by molar-refractivity contribution is 5.42. The van der Waals surface area contributed by atoms with Crippen LogP contribution in [0.5, 0.6) is 11.5 Å². The Morgan fingerprint density at radius 2 is 1.63 bits per heavy atom. The summed E-state index contributed by atoms with van der Waals surface area (Å²) in [5.41, 5.74) is -0.704. The summed E-state index contributed by atoms with van der Waals surface area (Å²) in [4.78, 5) is 0. The first-order valence-electron chi connectivity index (χ1n) is 4.99. The molecule has 3 nitrogen and oxygen atoms in total. The van der Waals surface area contributed by atoms with Crippen LogP contribution in [0, 0.1) is 0 Å². The van der Waals surface area contributed by atoms with Gasteiger partial charge in [-0.25, -0.2) is 0 Å². The lowest BCUT2D eigenvalue weighted by molar-refractivity contribution is -0.315. The Morgan fingerprint density at radius 1 is 1.05 bits per heavy atom. The van der Waals surface area contributed by atoms with E-state index in [0.717, 1.165) is 19.2 Å². The first-order chi connectivity index (χ1) is 8.65. The molecule has 1 rings (SSSR count). The number of ether oxygens (including phenoxy) is 2. The van der Waals surface area contributed by atoms with Gasteiger partial charge in [-0.15, -0.1) is 0 Å². The summed E-state index contributed by atoms with van der Waals surface area (Å²) >= 11 is 0. The molecule has 0 bridgehead atoms. The molecule has 0 aliphatic rings. The maximum Gasteiger partial charge on any atom is 0.456 e. The van der Waals surface area contributed by atoms with Gasteiger partial charge < -0.3 is 14.6 Å². The van der Waals surface area contributed by atoms with E-state index in [1.807, 2.05) is 0 Å². The minimum atomic E-state index is -5.87. The summed E-state index contributed by atoms with van der Waals surface area (Å²) in [7, 11) is 2.30. The summed E-state index contributed by atoms with van der Waals surface area (Å²) in [6.45, 7) is 0. The first-order valence-corrected chi connectivity index (χ1v) is 4.99. The molecule has 0 aliphatic carbocycles. The van der Waals surface area contributed by atoms with Crippen molar-refractivity contribution in [1.82, 2.24) is 0 Å². The van der Waals surface area contributed by atoms with Gasteiger partial charge in [0.25, 0.3) is 0 Å². The maximum absolute atomic E-state index is 13.1. The fourth-order valence-corrected chi connectivity index (χ4v) is 1.40. The molecule has 0 saturated carbocycles. The van der Waals surface area contributed by atoms with E-state index in [9.17, 15) is 27.1 Å². The van der Waals surface area contributed by atoms with Crippen molar-refractivity contribution in [2.24, 2.45) is 0 Å². The fourth-order valence-electron chi connectivity index (χ4n) is 1.40. The Kier molecular flexibility index (Phi) is 4.24. The smallest absolute Gasteiger partial charge is 0.456 e. The lowest BCUT2D eigenvalue weighted by Crippen LogP contribution is -2.42. The second kappa shape index (κ2) is 5.20. The molecule has 1 aromatic carbocycles. The van der Waals surface area contributed by atoms with Gasteiger partial charge >= 0.3 is 12.1 Å². The zero-order valence-corrected chi connectivity index (χ0v) is 9.96. The molecule has 8 heteroatoms. The first kappa shape index (κ1) is 15.5. The second-order valence-electron chi connectivity index (χ2n) is 3.63. The minimum absolute atomic E-state index is 0.0211. The average Bonchev–Trinajstić information content (AvgIpc) is 2.35. The molecule has 108 valence electrons. The number of benzene rings is 1. The summed E-state index contributed by atoms with van der Waals surface area (Å²) in [5, 5.41) is 9.31. The molecular weight excluding hydrogens is 275 g/mol. The highest BCUT2D eigenvalue weighted by Crippen LogP contribution is 2.46. The van der Waals surface area contributed by atoms with Crippen LogP contribution in [0.15, 0.2) is 18.2 Å². The van der Waals surface area contributed by atoms with E-state index < -0.39 is 23.8 Å². The van der Waals surface area contributed by atoms with Gasteiger partial charge in [0.1, 0.15) is 11.5 Å². The maximum atomic E-state index is 13.1. The zero-order valence-electron chi connectivity index (χ0n) is 9.96. The van der Waals surface area contributed by atoms with E-state index >= 15 is 0 Å². The average molecular weight is 286 g/mol. The van der Waals surface area contributed by atoms with Gasteiger partial charge in [-0.1, -0.05) is 0 Å². The highest BCUT2D eigenvalue weighted by Gasteiger charge is 2.63. The SMILES string of the molecule is COc1ccc(OC)c(C(O)C(F)(F)C(F)(F)F)c1. The van der Waals surface area contributed by atoms with Gasteiger partial charge in [-0.3, -0.25) is 0 Å². The van der Waals surface area contributed by atoms with Crippen molar-refractivity contribution in [3.8, 4) is 11.5 Å². The zero-order chi connectivity index (χ0) is 14.8. The normalized spacial score (nSPS) is 14.1. The standard InChI is InChI=1S/C11H11F5O3/c1-18-6-3-4-8(19-2)7(5-6)9(17)10(12,13)11(14,15)16/h3-5,9,17H,1-2H3. The van der Waals surface area contributed by atoms with Crippen LogP contribution in [0.2, 0.25) is 0 Å². The number of aliphatic hydroxyl groups is 1. The molecule has 1 unspecified atom stereocenters. The summed E-state index contributed by atoms with van der Waals surface area (Å²) in [6, 6.07) is 3.30. The third kappa shape index (κ3) is 2.89. The van der Waals surface area contributed by atoms with Crippen LogP contribution in [-0.4, -0.2) is 31.4 Å². The Hall–Kier alpha value is -1.57. The Bertz CT molecular complexity index is 444. The molecule has 1 atom stereocenters. The number of hydrogen-bond acceptors (Lipinski definition) is 3. The summed E-state index contributed by atoms with van der Waals surface area (Å²) in [6.07, 6.45) is -8.96. The van der Waals surface area contributed by atoms with Gasteiger partial charge in [0.05, 0.1) is 14.2 Å². The number of alkyl halides is 5. The molecule has 1 N–H and O–H groups in total. The van der Waals surface area contributed by atoms with E-state index in [-0.39, 0.29) is 11.5 Å². The van der Waals surface area contributed by atoms with Gasteiger partial charge in [0.2, 0.25) is 0 Å². The summed E-state index contributed by atoms with van der Waals surface area (Å²) < 4.78 is 72.2. The highest BCUT2D eigenvalue weighted by atomic mass is 19.4. The van der Waals surface area contributed by atoms with E-state index in [2.05, 4.69) is 4.74 Å². The number of aliphatic hydroxyl groups excluding tert-OH is 1. The molecule has 0 aliphatic heterocycles. The van der Waals surface area contributed by atoms with Crippen molar-refractivity contribution in [1.29, 1.82) is 0 Å². The van der Waals surface area contributed by atoms with E-state index in [4.69, 9.17) is 4.74 Å². The van der Waals surface area contributed by atoms with Gasteiger partial charge in [0.15, 0.2) is 6.10 Å².